The monoisotopic (exact) mass is 294 g/mol. The van der Waals surface area contributed by atoms with Gasteiger partial charge in [-0.05, 0) is 19.8 Å². The van der Waals surface area contributed by atoms with Gasteiger partial charge in [-0.2, -0.15) is 4.57 Å². The molecule has 8 nitrogen and oxygen atoms in total. The van der Waals surface area contributed by atoms with Crippen molar-refractivity contribution >= 4 is 17.1 Å². The van der Waals surface area contributed by atoms with Crippen molar-refractivity contribution in [2.45, 2.75) is 32.3 Å². The van der Waals surface area contributed by atoms with Gasteiger partial charge in [-0.15, -0.1) is 0 Å². The van der Waals surface area contributed by atoms with Crippen molar-refractivity contribution in [3.8, 4) is 0 Å². The second-order valence-corrected chi connectivity index (χ2v) is 5.14. The largest absolute Gasteiger partial charge is 0.393 e. The lowest BCUT2D eigenvalue weighted by atomic mass is 10.1. The molecule has 1 atom stereocenters. The number of aromatic nitrogens is 4. The minimum atomic E-state index is -0.701. The molecule has 8 heteroatoms. The highest BCUT2D eigenvalue weighted by atomic mass is 16.3. The molecule has 0 fully saturated rings. The molecular formula is C13H18N4O4. The Labute approximate surface area is 120 Å². The number of aryl methyl sites for hydroxylation is 2. The third-order valence-corrected chi connectivity index (χ3v) is 3.38. The fourth-order valence-corrected chi connectivity index (χ4v) is 2.22. The van der Waals surface area contributed by atoms with Crippen LogP contribution in [-0.4, -0.2) is 35.8 Å². The maximum Gasteiger partial charge on any atom is 0.339 e. The third-order valence-electron chi connectivity index (χ3n) is 3.38. The van der Waals surface area contributed by atoms with E-state index in [0.29, 0.717) is 17.4 Å². The molecule has 2 heterocycles. The van der Waals surface area contributed by atoms with Crippen LogP contribution in [0.2, 0.25) is 0 Å². The number of aliphatic hydroxyl groups excluding tert-OH is 1. The molecule has 0 aliphatic carbocycles. The third kappa shape index (κ3) is 2.66. The molecule has 0 aliphatic heterocycles. The average molecular weight is 294 g/mol. The van der Waals surface area contributed by atoms with E-state index in [2.05, 4.69) is 4.98 Å². The van der Waals surface area contributed by atoms with Crippen LogP contribution in [-0.2, 0) is 14.1 Å². The standard InChI is InChI=1S/C13H18N4O4/c1-8(18)5-4-6-9(19)17-12(20)10-11(14-7-15(10)2)16(3)13(17)21/h7-8,18H,4-6H2,1-3H3. The van der Waals surface area contributed by atoms with Gasteiger partial charge in [-0.3, -0.25) is 14.2 Å². The van der Waals surface area contributed by atoms with Crippen molar-refractivity contribution in [1.29, 1.82) is 0 Å². The van der Waals surface area contributed by atoms with Crippen LogP contribution < -0.4 is 11.2 Å². The first-order valence-corrected chi connectivity index (χ1v) is 6.69. The molecule has 1 N–H and O–H groups in total. The number of hydrogen-bond donors (Lipinski definition) is 1. The van der Waals surface area contributed by atoms with E-state index in [1.165, 1.54) is 22.5 Å². The lowest BCUT2D eigenvalue weighted by Gasteiger charge is -2.08. The van der Waals surface area contributed by atoms with Crippen LogP contribution in [0.5, 0.6) is 0 Å². The minimum Gasteiger partial charge on any atom is -0.393 e. The van der Waals surface area contributed by atoms with Crippen molar-refractivity contribution in [2.24, 2.45) is 14.1 Å². The van der Waals surface area contributed by atoms with Crippen molar-refractivity contribution in [3.63, 3.8) is 0 Å². The average Bonchev–Trinajstić information content (AvgIpc) is 2.78. The summed E-state index contributed by atoms with van der Waals surface area (Å²) in [6.07, 6.45) is 1.79. The topological polar surface area (TPSA) is 99.1 Å². The van der Waals surface area contributed by atoms with E-state index in [9.17, 15) is 19.5 Å². The highest BCUT2D eigenvalue weighted by Crippen LogP contribution is 2.05. The smallest absolute Gasteiger partial charge is 0.339 e. The molecule has 2 aromatic heterocycles. The van der Waals surface area contributed by atoms with E-state index in [-0.39, 0.29) is 17.6 Å². The molecule has 0 bridgehead atoms. The summed E-state index contributed by atoms with van der Waals surface area (Å²) in [5, 5.41) is 9.18. The van der Waals surface area contributed by atoms with Gasteiger partial charge < -0.3 is 9.67 Å². The van der Waals surface area contributed by atoms with Crippen LogP contribution in [0.15, 0.2) is 15.9 Å². The number of imidazole rings is 1. The Bertz CT molecular complexity index is 797. The highest BCUT2D eigenvalue weighted by Gasteiger charge is 2.19. The van der Waals surface area contributed by atoms with Gasteiger partial charge in [0.05, 0.1) is 12.4 Å². The highest BCUT2D eigenvalue weighted by molar-refractivity contribution is 5.81. The zero-order valence-corrected chi connectivity index (χ0v) is 12.2. The van der Waals surface area contributed by atoms with Crippen molar-refractivity contribution in [3.05, 3.63) is 27.2 Å². The molecule has 0 amide bonds. The Morgan fingerprint density at radius 1 is 1.38 bits per heavy atom. The number of aliphatic hydroxyl groups is 1. The maximum atomic E-state index is 12.3. The van der Waals surface area contributed by atoms with Crippen LogP contribution in [0.4, 0.5) is 0 Å². The van der Waals surface area contributed by atoms with E-state index < -0.39 is 23.3 Å². The second kappa shape index (κ2) is 5.65. The van der Waals surface area contributed by atoms with E-state index in [4.69, 9.17) is 0 Å². The molecule has 0 saturated carbocycles. The molecular weight excluding hydrogens is 276 g/mol. The summed E-state index contributed by atoms with van der Waals surface area (Å²) in [5.41, 5.74) is -0.898. The Balaban J connectivity index is 2.49. The lowest BCUT2D eigenvalue weighted by Crippen LogP contribution is -2.43. The Morgan fingerprint density at radius 3 is 2.67 bits per heavy atom. The molecule has 1 unspecified atom stereocenters. The van der Waals surface area contributed by atoms with Crippen molar-refractivity contribution < 1.29 is 9.90 Å². The molecule has 0 aromatic carbocycles. The van der Waals surface area contributed by atoms with Crippen LogP contribution >= 0.6 is 0 Å². The van der Waals surface area contributed by atoms with Crippen LogP contribution in [0.25, 0.3) is 11.2 Å². The zero-order valence-electron chi connectivity index (χ0n) is 12.2. The van der Waals surface area contributed by atoms with Crippen LogP contribution in [0, 0.1) is 0 Å². The fourth-order valence-electron chi connectivity index (χ4n) is 2.22. The van der Waals surface area contributed by atoms with E-state index in [1.54, 1.807) is 14.0 Å². The summed E-state index contributed by atoms with van der Waals surface area (Å²) in [6, 6.07) is 0. The number of rotatable bonds is 4. The fraction of sp³-hybridized carbons (Fsp3) is 0.538. The summed E-state index contributed by atoms with van der Waals surface area (Å²) in [4.78, 5) is 40.6. The van der Waals surface area contributed by atoms with Gasteiger partial charge in [0.1, 0.15) is 0 Å². The number of fused-ring (bicyclic) bond motifs is 1. The Hall–Kier alpha value is -2.22. The predicted molar refractivity (Wildman–Crippen MR) is 76.4 cm³/mol. The molecule has 2 aromatic rings. The summed E-state index contributed by atoms with van der Waals surface area (Å²) >= 11 is 0. The first-order valence-electron chi connectivity index (χ1n) is 6.69. The van der Waals surface area contributed by atoms with Crippen molar-refractivity contribution in [1.82, 2.24) is 18.7 Å². The van der Waals surface area contributed by atoms with E-state index >= 15 is 0 Å². The molecule has 0 aliphatic rings. The van der Waals surface area contributed by atoms with Gasteiger partial charge in [0.2, 0.25) is 5.91 Å². The maximum absolute atomic E-state index is 12.3. The van der Waals surface area contributed by atoms with Gasteiger partial charge in [-0.25, -0.2) is 9.78 Å². The van der Waals surface area contributed by atoms with Gasteiger partial charge in [-0.1, -0.05) is 0 Å². The minimum absolute atomic E-state index is 0.0312. The summed E-state index contributed by atoms with van der Waals surface area (Å²) < 4.78 is 3.31. The number of carbonyl (C=O) groups excluding carboxylic acids is 1. The first kappa shape index (κ1) is 15.2. The van der Waals surface area contributed by atoms with Gasteiger partial charge in [0, 0.05) is 20.5 Å². The normalized spacial score (nSPS) is 12.8. The van der Waals surface area contributed by atoms with Gasteiger partial charge in [0.25, 0.3) is 5.56 Å². The van der Waals surface area contributed by atoms with Gasteiger partial charge in [0.15, 0.2) is 11.2 Å². The Morgan fingerprint density at radius 2 is 2.05 bits per heavy atom. The molecule has 2 rings (SSSR count). The molecule has 0 radical (unpaired) electrons. The Kier molecular flexibility index (Phi) is 4.08. The first-order chi connectivity index (χ1) is 9.84. The zero-order chi connectivity index (χ0) is 15.7. The second-order valence-electron chi connectivity index (χ2n) is 5.14. The SMILES string of the molecule is CC(O)CCCC(=O)n1c(=O)c2c(ncn2C)n(C)c1=O. The number of nitrogens with zero attached hydrogens (tertiary/aromatic N) is 4. The molecule has 0 spiro atoms. The quantitative estimate of drug-likeness (QED) is 0.829. The lowest BCUT2D eigenvalue weighted by molar-refractivity contribution is 0.0881. The van der Waals surface area contributed by atoms with Crippen LogP contribution in [0.1, 0.15) is 31.0 Å². The molecule has 21 heavy (non-hydrogen) atoms. The molecule has 0 saturated heterocycles. The van der Waals surface area contributed by atoms with E-state index in [0.717, 1.165) is 0 Å². The summed E-state index contributed by atoms with van der Waals surface area (Å²) in [6.45, 7) is 1.62. The summed E-state index contributed by atoms with van der Waals surface area (Å²) in [5.74, 6) is -0.565. The number of hydrogen-bond acceptors (Lipinski definition) is 5. The van der Waals surface area contributed by atoms with Crippen molar-refractivity contribution in [2.75, 3.05) is 0 Å². The predicted octanol–water partition coefficient (Wildman–Crippen LogP) is -0.375. The number of carbonyl (C=O) groups is 1. The van der Waals surface area contributed by atoms with Gasteiger partial charge >= 0.3 is 5.69 Å². The summed E-state index contributed by atoms with van der Waals surface area (Å²) in [7, 11) is 3.10. The van der Waals surface area contributed by atoms with E-state index in [1.807, 2.05) is 0 Å². The van der Waals surface area contributed by atoms with Crippen LogP contribution in [0.3, 0.4) is 0 Å². The molecule has 114 valence electrons.